The molecule has 0 bridgehead atoms. The normalized spacial score (nSPS) is 12.5. The van der Waals surface area contributed by atoms with Crippen LogP contribution >= 0.6 is 0 Å². The second-order valence-corrected chi connectivity index (χ2v) is 6.29. The largest absolute Gasteiger partial charge is 0.504 e. The Morgan fingerprint density at radius 2 is 1.81 bits per heavy atom. The Morgan fingerprint density at radius 1 is 1.25 bits per heavy atom. The Hall–Kier alpha value is -1.23. The lowest BCUT2D eigenvalue weighted by Gasteiger charge is -2.19. The van der Waals surface area contributed by atoms with Crippen LogP contribution in [0.25, 0.3) is 0 Å². The molecule has 0 aromatic heterocycles. The third-order valence-electron chi connectivity index (χ3n) is 2.07. The SMILES string of the molecule is CC(C)(C)c1ccc(OS(C)(=O)=O)c(O)c1. The van der Waals surface area contributed by atoms with Crippen molar-refractivity contribution in [3.05, 3.63) is 23.8 Å². The Kier molecular flexibility index (Phi) is 3.19. The van der Waals surface area contributed by atoms with Crippen LogP contribution in [0.1, 0.15) is 26.3 Å². The summed E-state index contributed by atoms with van der Waals surface area (Å²) in [4.78, 5) is 0. The molecule has 1 rings (SSSR count). The Labute approximate surface area is 96.0 Å². The maximum absolute atomic E-state index is 10.9. The van der Waals surface area contributed by atoms with E-state index in [0.29, 0.717) is 0 Å². The maximum Gasteiger partial charge on any atom is 0.306 e. The molecule has 0 saturated heterocycles. The van der Waals surface area contributed by atoms with E-state index in [1.54, 1.807) is 6.07 Å². The monoisotopic (exact) mass is 244 g/mol. The van der Waals surface area contributed by atoms with E-state index in [1.807, 2.05) is 20.8 Å². The summed E-state index contributed by atoms with van der Waals surface area (Å²) in [5, 5.41) is 9.63. The highest BCUT2D eigenvalue weighted by Crippen LogP contribution is 2.32. The van der Waals surface area contributed by atoms with Crippen LogP contribution in [-0.4, -0.2) is 19.8 Å². The van der Waals surface area contributed by atoms with Crippen molar-refractivity contribution < 1.29 is 17.7 Å². The lowest BCUT2D eigenvalue weighted by molar-refractivity contribution is 0.428. The maximum atomic E-state index is 10.9. The molecule has 0 atom stereocenters. The zero-order chi connectivity index (χ0) is 12.6. The molecule has 0 aliphatic heterocycles. The molecule has 90 valence electrons. The molecular weight excluding hydrogens is 228 g/mol. The van der Waals surface area contributed by atoms with Gasteiger partial charge in [-0.15, -0.1) is 0 Å². The number of hydrogen-bond donors (Lipinski definition) is 1. The number of phenolic OH excluding ortho intramolecular Hbond substituents is 1. The van der Waals surface area contributed by atoms with E-state index in [2.05, 4.69) is 4.18 Å². The molecule has 4 nitrogen and oxygen atoms in total. The Bertz CT molecular complexity index is 483. The van der Waals surface area contributed by atoms with Crippen molar-refractivity contribution in [3.8, 4) is 11.5 Å². The van der Waals surface area contributed by atoms with Crippen molar-refractivity contribution >= 4 is 10.1 Å². The predicted octanol–water partition coefficient (Wildman–Crippen LogP) is 2.03. The van der Waals surface area contributed by atoms with Gasteiger partial charge in [-0.05, 0) is 23.1 Å². The van der Waals surface area contributed by atoms with Crippen molar-refractivity contribution in [2.24, 2.45) is 0 Å². The third-order valence-corrected chi connectivity index (χ3v) is 2.55. The van der Waals surface area contributed by atoms with Gasteiger partial charge in [0.25, 0.3) is 0 Å². The second kappa shape index (κ2) is 3.97. The van der Waals surface area contributed by atoms with Crippen LogP contribution in [0.5, 0.6) is 11.5 Å². The predicted molar refractivity (Wildman–Crippen MR) is 62.3 cm³/mol. The minimum atomic E-state index is -3.61. The van der Waals surface area contributed by atoms with Gasteiger partial charge in [-0.2, -0.15) is 8.42 Å². The highest BCUT2D eigenvalue weighted by molar-refractivity contribution is 7.86. The summed E-state index contributed by atoms with van der Waals surface area (Å²) in [5.41, 5.74) is 0.798. The van der Waals surface area contributed by atoms with Crippen LogP contribution in [-0.2, 0) is 15.5 Å². The molecule has 0 heterocycles. The first-order chi connectivity index (χ1) is 7.09. The Balaban J connectivity index is 3.11. The van der Waals surface area contributed by atoms with Crippen molar-refractivity contribution in [1.82, 2.24) is 0 Å². The van der Waals surface area contributed by atoms with Crippen LogP contribution in [0.3, 0.4) is 0 Å². The average Bonchev–Trinajstić information content (AvgIpc) is 2.04. The van der Waals surface area contributed by atoms with E-state index in [1.165, 1.54) is 12.1 Å². The molecule has 0 fully saturated rings. The number of hydrogen-bond acceptors (Lipinski definition) is 4. The molecule has 1 aromatic carbocycles. The van der Waals surface area contributed by atoms with Gasteiger partial charge >= 0.3 is 10.1 Å². The standard InChI is InChI=1S/C11H16O4S/c1-11(2,3)8-5-6-10(9(12)7-8)15-16(4,13)14/h5-7,12H,1-4H3. The van der Waals surface area contributed by atoms with Crippen LogP contribution in [0.2, 0.25) is 0 Å². The molecule has 1 aromatic rings. The molecule has 0 spiro atoms. The van der Waals surface area contributed by atoms with E-state index >= 15 is 0 Å². The summed E-state index contributed by atoms with van der Waals surface area (Å²) in [5.74, 6) is -0.214. The first kappa shape index (κ1) is 12.8. The van der Waals surface area contributed by atoms with Crippen molar-refractivity contribution in [3.63, 3.8) is 0 Å². The lowest BCUT2D eigenvalue weighted by atomic mass is 9.87. The van der Waals surface area contributed by atoms with Crippen molar-refractivity contribution in [2.45, 2.75) is 26.2 Å². The molecule has 0 aliphatic rings. The first-order valence-corrected chi connectivity index (χ1v) is 6.64. The number of benzene rings is 1. The molecule has 0 saturated carbocycles. The molecule has 1 N–H and O–H groups in total. The summed E-state index contributed by atoms with van der Waals surface area (Å²) in [6.07, 6.45) is 0.935. The van der Waals surface area contributed by atoms with E-state index in [4.69, 9.17) is 0 Å². The first-order valence-electron chi connectivity index (χ1n) is 4.82. The summed E-state index contributed by atoms with van der Waals surface area (Å²) >= 11 is 0. The highest BCUT2D eigenvalue weighted by atomic mass is 32.2. The molecule has 0 radical (unpaired) electrons. The molecule has 16 heavy (non-hydrogen) atoms. The van der Waals surface area contributed by atoms with E-state index in [9.17, 15) is 13.5 Å². The zero-order valence-corrected chi connectivity index (χ0v) is 10.6. The summed E-state index contributed by atoms with van der Waals surface area (Å²) in [6, 6.07) is 4.71. The third kappa shape index (κ3) is 3.41. The van der Waals surface area contributed by atoms with Gasteiger partial charge in [-0.25, -0.2) is 0 Å². The van der Waals surface area contributed by atoms with Gasteiger partial charge in [0, 0.05) is 0 Å². The van der Waals surface area contributed by atoms with Crippen LogP contribution in [0.15, 0.2) is 18.2 Å². The average molecular weight is 244 g/mol. The van der Waals surface area contributed by atoms with E-state index in [0.717, 1.165) is 11.8 Å². The van der Waals surface area contributed by atoms with Crippen molar-refractivity contribution in [2.75, 3.05) is 6.26 Å². The summed E-state index contributed by atoms with van der Waals surface area (Å²) in [7, 11) is -3.61. The van der Waals surface area contributed by atoms with Gasteiger partial charge in [0.05, 0.1) is 6.26 Å². The van der Waals surface area contributed by atoms with Gasteiger partial charge in [0.15, 0.2) is 11.5 Å². The van der Waals surface area contributed by atoms with Gasteiger partial charge in [-0.3, -0.25) is 0 Å². The summed E-state index contributed by atoms with van der Waals surface area (Å²) < 4.78 is 26.4. The molecule has 0 amide bonds. The minimum absolute atomic E-state index is 0.0458. The van der Waals surface area contributed by atoms with E-state index in [-0.39, 0.29) is 16.9 Å². The van der Waals surface area contributed by atoms with Crippen molar-refractivity contribution in [1.29, 1.82) is 0 Å². The second-order valence-electron chi connectivity index (χ2n) is 4.72. The number of aromatic hydroxyl groups is 1. The number of phenols is 1. The van der Waals surface area contributed by atoms with E-state index < -0.39 is 10.1 Å². The Morgan fingerprint density at radius 3 is 2.19 bits per heavy atom. The van der Waals surface area contributed by atoms with Crippen LogP contribution in [0, 0.1) is 0 Å². The fraction of sp³-hybridized carbons (Fsp3) is 0.455. The lowest BCUT2D eigenvalue weighted by Crippen LogP contribution is -2.11. The minimum Gasteiger partial charge on any atom is -0.504 e. The van der Waals surface area contributed by atoms with Gasteiger partial charge in [0.1, 0.15) is 0 Å². The quantitative estimate of drug-likeness (QED) is 0.808. The topological polar surface area (TPSA) is 63.6 Å². The van der Waals surface area contributed by atoms with Gasteiger partial charge in [0.2, 0.25) is 0 Å². The smallest absolute Gasteiger partial charge is 0.306 e. The summed E-state index contributed by atoms with van der Waals surface area (Å²) in [6.45, 7) is 6.00. The van der Waals surface area contributed by atoms with Gasteiger partial charge in [-0.1, -0.05) is 26.8 Å². The molecular formula is C11H16O4S. The zero-order valence-electron chi connectivity index (χ0n) is 9.81. The molecule has 0 aliphatic carbocycles. The van der Waals surface area contributed by atoms with Crippen LogP contribution in [0.4, 0.5) is 0 Å². The highest BCUT2D eigenvalue weighted by Gasteiger charge is 2.17. The molecule has 5 heteroatoms. The number of rotatable bonds is 2. The fourth-order valence-electron chi connectivity index (χ4n) is 1.22. The molecule has 0 unspecified atom stereocenters. The van der Waals surface area contributed by atoms with Gasteiger partial charge < -0.3 is 9.29 Å². The van der Waals surface area contributed by atoms with Crippen LogP contribution < -0.4 is 4.18 Å². The fourth-order valence-corrected chi connectivity index (χ4v) is 1.68.